The highest BCUT2D eigenvalue weighted by Crippen LogP contribution is 2.30. The summed E-state index contributed by atoms with van der Waals surface area (Å²) in [5, 5.41) is 70.5. The van der Waals surface area contributed by atoms with E-state index >= 15 is 0 Å². The summed E-state index contributed by atoms with van der Waals surface area (Å²) in [6, 6.07) is 0. The van der Waals surface area contributed by atoms with Gasteiger partial charge in [0, 0.05) is 6.42 Å². The van der Waals surface area contributed by atoms with Crippen LogP contribution in [-0.2, 0) is 23.7 Å². The van der Waals surface area contributed by atoms with Gasteiger partial charge in [-0.3, -0.25) is 4.79 Å². The van der Waals surface area contributed by atoms with E-state index in [1.165, 1.54) is 70.6 Å². The molecule has 0 aliphatic carbocycles. The van der Waals surface area contributed by atoms with Crippen LogP contribution in [0.25, 0.3) is 0 Å². The number of carbonyl (C=O) groups is 1. The second kappa shape index (κ2) is 20.9. The average molecular weight is 609 g/mol. The third-order valence-corrected chi connectivity index (χ3v) is 8.20. The monoisotopic (exact) mass is 608 g/mol. The number of hydrogen-bond donors (Lipinski definition) is 7. The predicted octanol–water partition coefficient (Wildman–Crippen LogP) is 1.42. The molecule has 0 bridgehead atoms. The van der Waals surface area contributed by atoms with Gasteiger partial charge in [0.1, 0.15) is 42.7 Å². The summed E-state index contributed by atoms with van der Waals surface area (Å²) in [6.45, 7) is 0.856. The fourth-order valence-electron chi connectivity index (χ4n) is 5.55. The molecule has 12 heteroatoms. The van der Waals surface area contributed by atoms with E-state index in [0.29, 0.717) is 6.42 Å². The number of ether oxygens (including phenoxy) is 4. The van der Waals surface area contributed by atoms with Crippen molar-refractivity contribution in [2.24, 2.45) is 0 Å². The van der Waals surface area contributed by atoms with Crippen molar-refractivity contribution >= 4 is 5.97 Å². The summed E-state index contributed by atoms with van der Waals surface area (Å²) in [4.78, 5) is 12.5. The molecule has 7 N–H and O–H groups in total. The van der Waals surface area contributed by atoms with E-state index in [1.807, 2.05) is 0 Å². The number of carbonyl (C=O) groups excluding carboxylic acids is 1. The summed E-state index contributed by atoms with van der Waals surface area (Å²) < 4.78 is 21.4. The maximum Gasteiger partial charge on any atom is 0.306 e. The van der Waals surface area contributed by atoms with Crippen LogP contribution in [0.15, 0.2) is 0 Å². The molecule has 42 heavy (non-hydrogen) atoms. The fraction of sp³-hybridized carbons (Fsp3) is 0.967. The number of hydrogen-bond acceptors (Lipinski definition) is 12. The quantitative estimate of drug-likeness (QED) is 0.0732. The molecule has 0 spiro atoms. The predicted molar refractivity (Wildman–Crippen MR) is 152 cm³/mol. The first-order valence-corrected chi connectivity index (χ1v) is 16.0. The molecule has 2 heterocycles. The zero-order valence-corrected chi connectivity index (χ0v) is 25.2. The smallest absolute Gasteiger partial charge is 0.306 e. The SMILES string of the molecule is CCCCCCCCCCCCCCCCCC(=O)O[C@@H]1[C@@H](O)[C@@H](O[C@H]2[C@H](O)[C@@H](O)[C@H](O)O[C@@H]2CO)O[C@H](CO)[C@H]1O. The van der Waals surface area contributed by atoms with E-state index in [-0.39, 0.29) is 6.42 Å². The molecule has 2 aliphatic rings. The minimum atomic E-state index is -1.77. The van der Waals surface area contributed by atoms with Gasteiger partial charge in [0.25, 0.3) is 0 Å². The van der Waals surface area contributed by atoms with Crippen LogP contribution in [0.1, 0.15) is 110 Å². The Kier molecular flexibility index (Phi) is 18.6. The summed E-state index contributed by atoms with van der Waals surface area (Å²) >= 11 is 0. The topological polar surface area (TPSA) is 196 Å². The number of aliphatic hydroxyl groups is 7. The molecule has 0 amide bonds. The molecule has 248 valence electrons. The lowest BCUT2D eigenvalue weighted by Gasteiger charge is -2.45. The van der Waals surface area contributed by atoms with Gasteiger partial charge in [0.05, 0.1) is 13.2 Å². The van der Waals surface area contributed by atoms with Gasteiger partial charge in [-0.25, -0.2) is 0 Å². The van der Waals surface area contributed by atoms with Gasteiger partial charge in [0.15, 0.2) is 18.7 Å². The van der Waals surface area contributed by atoms with Crippen molar-refractivity contribution in [2.45, 2.75) is 171 Å². The molecule has 0 aromatic carbocycles. The molecule has 0 unspecified atom stereocenters. The van der Waals surface area contributed by atoms with Gasteiger partial charge in [-0.2, -0.15) is 0 Å². The van der Waals surface area contributed by atoms with Gasteiger partial charge < -0.3 is 54.7 Å². The zero-order chi connectivity index (χ0) is 30.9. The van der Waals surface area contributed by atoms with E-state index in [1.54, 1.807) is 0 Å². The number of esters is 1. The Morgan fingerprint density at radius 1 is 0.595 bits per heavy atom. The first kappa shape index (κ1) is 37.3. The number of rotatable bonds is 21. The normalized spacial score (nSPS) is 33.5. The van der Waals surface area contributed by atoms with Crippen molar-refractivity contribution < 1.29 is 59.5 Å². The Balaban J connectivity index is 1.68. The van der Waals surface area contributed by atoms with E-state index in [9.17, 15) is 40.5 Å². The van der Waals surface area contributed by atoms with Gasteiger partial charge in [0.2, 0.25) is 0 Å². The first-order chi connectivity index (χ1) is 20.2. The molecule has 10 atom stereocenters. The van der Waals surface area contributed by atoms with E-state index in [0.717, 1.165) is 19.3 Å². The first-order valence-electron chi connectivity index (χ1n) is 16.0. The number of aliphatic hydroxyl groups excluding tert-OH is 7. The van der Waals surface area contributed by atoms with Crippen LogP contribution in [0.4, 0.5) is 0 Å². The van der Waals surface area contributed by atoms with E-state index in [2.05, 4.69) is 6.92 Å². The summed E-state index contributed by atoms with van der Waals surface area (Å²) in [7, 11) is 0. The summed E-state index contributed by atoms with van der Waals surface area (Å²) in [5.74, 6) is -0.627. The molecule has 2 fully saturated rings. The largest absolute Gasteiger partial charge is 0.456 e. The summed E-state index contributed by atoms with van der Waals surface area (Å²) in [6.07, 6.45) is 2.39. The number of unbranched alkanes of at least 4 members (excludes halogenated alkanes) is 14. The summed E-state index contributed by atoms with van der Waals surface area (Å²) in [5.41, 5.74) is 0. The van der Waals surface area contributed by atoms with E-state index < -0.39 is 80.6 Å². The zero-order valence-electron chi connectivity index (χ0n) is 25.2. The van der Waals surface area contributed by atoms with Crippen LogP contribution in [0, 0.1) is 0 Å². The fourth-order valence-corrected chi connectivity index (χ4v) is 5.55. The van der Waals surface area contributed by atoms with Crippen molar-refractivity contribution in [1.82, 2.24) is 0 Å². The molecular weight excluding hydrogens is 552 g/mol. The molecule has 2 saturated heterocycles. The van der Waals surface area contributed by atoms with Gasteiger partial charge in [-0.05, 0) is 6.42 Å². The Morgan fingerprint density at radius 2 is 1.10 bits per heavy atom. The molecule has 0 radical (unpaired) electrons. The Morgan fingerprint density at radius 3 is 1.60 bits per heavy atom. The lowest BCUT2D eigenvalue weighted by Crippen LogP contribution is -2.65. The van der Waals surface area contributed by atoms with Crippen molar-refractivity contribution in [3.8, 4) is 0 Å². The average Bonchev–Trinajstić information content (AvgIpc) is 2.98. The maximum atomic E-state index is 12.5. The van der Waals surface area contributed by atoms with Crippen molar-refractivity contribution in [3.63, 3.8) is 0 Å². The van der Waals surface area contributed by atoms with Crippen LogP contribution < -0.4 is 0 Å². The van der Waals surface area contributed by atoms with Gasteiger partial charge in [-0.1, -0.05) is 96.8 Å². The third kappa shape index (κ3) is 12.2. The van der Waals surface area contributed by atoms with E-state index in [4.69, 9.17) is 18.9 Å². The maximum absolute atomic E-state index is 12.5. The third-order valence-electron chi connectivity index (χ3n) is 8.20. The molecule has 0 saturated carbocycles. The second-order valence-corrected chi connectivity index (χ2v) is 11.7. The van der Waals surface area contributed by atoms with Crippen LogP contribution in [0.2, 0.25) is 0 Å². The molecule has 0 aromatic rings. The standard InChI is InChI=1S/C30H56O12/c1-2-3-4-5-6-7-8-9-10-11-12-13-14-15-16-17-22(33)41-28-23(34)20(18-31)40-30(26(28)37)42-27-21(19-32)39-29(38)25(36)24(27)35/h20-21,23-32,34-38H,2-19H2,1H3/t20-,21-,23-,24-,25-,26-,27-,28+,29-,30-/m1/s1. The lowest BCUT2D eigenvalue weighted by atomic mass is 9.97. The Bertz CT molecular complexity index is 710. The van der Waals surface area contributed by atoms with Crippen molar-refractivity contribution in [1.29, 1.82) is 0 Å². The van der Waals surface area contributed by atoms with Crippen LogP contribution in [0.3, 0.4) is 0 Å². The second-order valence-electron chi connectivity index (χ2n) is 11.7. The lowest BCUT2D eigenvalue weighted by molar-refractivity contribution is -0.355. The Hall–Kier alpha value is -0.930. The molecule has 2 aliphatic heterocycles. The van der Waals surface area contributed by atoms with Gasteiger partial charge in [-0.15, -0.1) is 0 Å². The highest BCUT2D eigenvalue weighted by atomic mass is 16.7. The highest BCUT2D eigenvalue weighted by molar-refractivity contribution is 5.69. The molecule has 2 rings (SSSR count). The van der Waals surface area contributed by atoms with Crippen LogP contribution >= 0.6 is 0 Å². The molecule has 0 aromatic heterocycles. The molecule has 12 nitrogen and oxygen atoms in total. The van der Waals surface area contributed by atoms with Crippen molar-refractivity contribution in [3.05, 3.63) is 0 Å². The van der Waals surface area contributed by atoms with Crippen LogP contribution in [0.5, 0.6) is 0 Å². The van der Waals surface area contributed by atoms with Gasteiger partial charge >= 0.3 is 5.97 Å². The Labute approximate surface area is 249 Å². The highest BCUT2D eigenvalue weighted by Gasteiger charge is 2.51. The van der Waals surface area contributed by atoms with Crippen LogP contribution in [-0.4, -0.2) is 116 Å². The molecular formula is C30H56O12. The van der Waals surface area contributed by atoms with Crippen molar-refractivity contribution in [2.75, 3.05) is 13.2 Å². The minimum absolute atomic E-state index is 0.0935. The minimum Gasteiger partial charge on any atom is -0.456 e.